The predicted molar refractivity (Wildman–Crippen MR) is 117 cm³/mol. The van der Waals surface area contributed by atoms with Gasteiger partial charge >= 0.3 is 0 Å². The van der Waals surface area contributed by atoms with Gasteiger partial charge in [0.1, 0.15) is 11.9 Å². The van der Waals surface area contributed by atoms with Crippen LogP contribution >= 0.6 is 11.5 Å². The van der Waals surface area contributed by atoms with Gasteiger partial charge in [-0.1, -0.05) is 54.1 Å². The molecule has 2 amide bonds. The van der Waals surface area contributed by atoms with Gasteiger partial charge in [-0.15, -0.1) is 5.10 Å². The molecule has 2 aromatic carbocycles. The van der Waals surface area contributed by atoms with Crippen molar-refractivity contribution in [2.24, 2.45) is 0 Å². The molecule has 160 valence electrons. The average molecular weight is 439 g/mol. The highest BCUT2D eigenvalue weighted by Gasteiger charge is 2.35. The van der Waals surface area contributed by atoms with Crippen molar-refractivity contribution in [2.45, 2.75) is 44.2 Å². The van der Waals surface area contributed by atoms with Crippen molar-refractivity contribution in [1.82, 2.24) is 14.9 Å². The molecule has 4 rings (SSSR count). The number of nitrogens with one attached hydrogen (secondary N) is 1. The second kappa shape index (κ2) is 9.78. The van der Waals surface area contributed by atoms with E-state index in [4.69, 9.17) is 0 Å². The minimum absolute atomic E-state index is 0.0820. The van der Waals surface area contributed by atoms with E-state index >= 15 is 0 Å². The van der Waals surface area contributed by atoms with Crippen LogP contribution in [0.5, 0.6) is 0 Å². The van der Waals surface area contributed by atoms with Gasteiger partial charge in [0.2, 0.25) is 5.91 Å². The van der Waals surface area contributed by atoms with Crippen LogP contribution < -0.4 is 10.2 Å². The summed E-state index contributed by atoms with van der Waals surface area (Å²) in [5.74, 6) is -1.15. The number of hydrogen-bond donors (Lipinski definition) is 1. The molecular formula is C23H23FN4O2S. The van der Waals surface area contributed by atoms with Gasteiger partial charge in [0, 0.05) is 17.1 Å². The molecular weight excluding hydrogens is 415 g/mol. The molecule has 6 nitrogen and oxygen atoms in total. The van der Waals surface area contributed by atoms with Crippen LogP contribution in [0.4, 0.5) is 10.1 Å². The molecule has 1 N–H and O–H groups in total. The number of hydrogen-bond acceptors (Lipinski definition) is 5. The molecule has 0 spiro atoms. The summed E-state index contributed by atoms with van der Waals surface area (Å²) in [6.45, 7) is 0. The monoisotopic (exact) mass is 438 g/mol. The van der Waals surface area contributed by atoms with E-state index in [0.717, 1.165) is 37.2 Å². The van der Waals surface area contributed by atoms with Crippen LogP contribution in [0.3, 0.4) is 0 Å². The minimum atomic E-state index is -0.928. The van der Waals surface area contributed by atoms with E-state index < -0.39 is 17.8 Å². The molecule has 8 heteroatoms. The minimum Gasteiger partial charge on any atom is -0.351 e. The Morgan fingerprint density at radius 2 is 1.74 bits per heavy atom. The highest BCUT2D eigenvalue weighted by Crippen LogP contribution is 2.30. The lowest BCUT2D eigenvalue weighted by atomic mass is 9.94. The fourth-order valence-corrected chi connectivity index (χ4v) is 4.38. The first-order chi connectivity index (χ1) is 15.1. The van der Waals surface area contributed by atoms with Gasteiger partial charge in [-0.2, -0.15) is 0 Å². The third kappa shape index (κ3) is 4.96. The summed E-state index contributed by atoms with van der Waals surface area (Å²) >= 11 is 1.06. The molecule has 1 aliphatic carbocycles. The quantitative estimate of drug-likeness (QED) is 0.614. The van der Waals surface area contributed by atoms with Crippen LogP contribution in [0, 0.1) is 5.82 Å². The number of nitrogens with zero attached hydrogens (tertiary/aromatic N) is 3. The van der Waals surface area contributed by atoms with Gasteiger partial charge in [-0.05, 0) is 54.2 Å². The van der Waals surface area contributed by atoms with Crippen molar-refractivity contribution in [3.05, 3.63) is 77.1 Å². The lowest BCUT2D eigenvalue weighted by molar-refractivity contribution is -0.123. The van der Waals surface area contributed by atoms with E-state index in [1.165, 1.54) is 35.6 Å². The van der Waals surface area contributed by atoms with Gasteiger partial charge < -0.3 is 5.32 Å². The zero-order chi connectivity index (χ0) is 21.6. The maximum absolute atomic E-state index is 13.6. The molecule has 1 atom stereocenters. The third-order valence-corrected chi connectivity index (χ3v) is 5.98. The van der Waals surface area contributed by atoms with Crippen LogP contribution in [-0.4, -0.2) is 27.4 Å². The van der Waals surface area contributed by atoms with Crippen molar-refractivity contribution >= 4 is 29.0 Å². The Morgan fingerprint density at radius 3 is 2.39 bits per heavy atom. The Balaban J connectivity index is 1.76. The average Bonchev–Trinajstić information content (AvgIpc) is 3.34. The number of aromatic nitrogens is 2. The van der Waals surface area contributed by atoms with E-state index in [1.54, 1.807) is 5.38 Å². The van der Waals surface area contributed by atoms with Crippen LogP contribution in [0.1, 0.15) is 54.2 Å². The maximum atomic E-state index is 13.6. The molecule has 1 heterocycles. The first-order valence-electron chi connectivity index (χ1n) is 10.3. The number of anilines is 1. The van der Waals surface area contributed by atoms with E-state index in [0.29, 0.717) is 11.3 Å². The van der Waals surface area contributed by atoms with Gasteiger partial charge in [0.15, 0.2) is 5.69 Å². The maximum Gasteiger partial charge on any atom is 0.280 e. The fourth-order valence-electron chi connectivity index (χ4n) is 3.95. The number of amides is 2. The molecule has 1 aromatic heterocycles. The summed E-state index contributed by atoms with van der Waals surface area (Å²) in [5.41, 5.74) is 1.21. The van der Waals surface area contributed by atoms with Crippen LogP contribution in [0.25, 0.3) is 0 Å². The number of rotatable bonds is 6. The second-order valence-corrected chi connectivity index (χ2v) is 8.21. The number of halogens is 1. The Bertz CT molecular complexity index is 1010. The van der Waals surface area contributed by atoms with Gasteiger partial charge in [0.25, 0.3) is 5.91 Å². The number of carbonyl (C=O) groups is 2. The van der Waals surface area contributed by atoms with Crippen molar-refractivity contribution in [2.75, 3.05) is 4.90 Å². The molecule has 3 aromatic rings. The molecule has 0 aliphatic heterocycles. The van der Waals surface area contributed by atoms with E-state index in [1.807, 2.05) is 30.3 Å². The van der Waals surface area contributed by atoms with Crippen LogP contribution in [-0.2, 0) is 4.79 Å². The first-order valence-corrected chi connectivity index (χ1v) is 11.2. The standard InChI is InChI=1S/C23H23FN4O2S/c24-17-11-13-19(14-12-17)28(23(30)20-15-31-27-26-20)21(16-7-3-1-4-8-16)22(29)25-18-9-5-2-6-10-18/h1,3-4,7-8,11-15,18,21H,2,5-6,9-10H2,(H,25,29)/t21-/m0/s1. The summed E-state index contributed by atoms with van der Waals surface area (Å²) < 4.78 is 17.4. The summed E-state index contributed by atoms with van der Waals surface area (Å²) in [6.07, 6.45) is 5.17. The topological polar surface area (TPSA) is 75.2 Å². The van der Waals surface area contributed by atoms with E-state index in [2.05, 4.69) is 14.9 Å². The summed E-state index contributed by atoms with van der Waals surface area (Å²) in [7, 11) is 0. The first kappa shape index (κ1) is 21.1. The van der Waals surface area contributed by atoms with Crippen molar-refractivity contribution in [3.8, 4) is 0 Å². The normalized spacial score (nSPS) is 15.3. The zero-order valence-corrected chi connectivity index (χ0v) is 17.7. The third-order valence-electron chi connectivity index (χ3n) is 5.48. The summed E-state index contributed by atoms with van der Waals surface area (Å²) in [6, 6.07) is 13.8. The molecule has 0 saturated heterocycles. The molecule has 31 heavy (non-hydrogen) atoms. The smallest absolute Gasteiger partial charge is 0.280 e. The number of carbonyl (C=O) groups excluding carboxylic acids is 2. The second-order valence-electron chi connectivity index (χ2n) is 7.60. The highest BCUT2D eigenvalue weighted by molar-refractivity contribution is 7.03. The van der Waals surface area contributed by atoms with Crippen LogP contribution in [0.2, 0.25) is 0 Å². The van der Waals surface area contributed by atoms with Crippen molar-refractivity contribution in [3.63, 3.8) is 0 Å². The zero-order valence-electron chi connectivity index (χ0n) is 16.9. The van der Waals surface area contributed by atoms with E-state index in [9.17, 15) is 14.0 Å². The van der Waals surface area contributed by atoms with Crippen molar-refractivity contribution < 1.29 is 14.0 Å². The molecule has 1 aliphatic rings. The lowest BCUT2D eigenvalue weighted by Crippen LogP contribution is -2.47. The summed E-state index contributed by atoms with van der Waals surface area (Å²) in [5, 5.41) is 8.58. The molecule has 1 fully saturated rings. The van der Waals surface area contributed by atoms with Gasteiger partial charge in [-0.3, -0.25) is 14.5 Å². The molecule has 0 radical (unpaired) electrons. The lowest BCUT2D eigenvalue weighted by Gasteiger charge is -2.33. The van der Waals surface area contributed by atoms with Gasteiger partial charge in [0.05, 0.1) is 0 Å². The summed E-state index contributed by atoms with van der Waals surface area (Å²) in [4.78, 5) is 28.4. The number of benzene rings is 2. The largest absolute Gasteiger partial charge is 0.351 e. The Kier molecular flexibility index (Phi) is 6.66. The fraction of sp³-hybridized carbons (Fsp3) is 0.304. The Labute approximate surface area is 184 Å². The molecule has 0 unspecified atom stereocenters. The molecule has 1 saturated carbocycles. The van der Waals surface area contributed by atoms with Crippen LogP contribution in [0.15, 0.2) is 60.0 Å². The van der Waals surface area contributed by atoms with E-state index in [-0.39, 0.29) is 17.6 Å². The van der Waals surface area contributed by atoms with Gasteiger partial charge in [-0.25, -0.2) is 4.39 Å². The van der Waals surface area contributed by atoms with Crippen molar-refractivity contribution in [1.29, 1.82) is 0 Å². The SMILES string of the molecule is O=C(NC1CCCCC1)[C@H](c1ccccc1)N(C(=O)c1csnn1)c1ccc(F)cc1. The highest BCUT2D eigenvalue weighted by atomic mass is 32.1. The predicted octanol–water partition coefficient (Wildman–Crippen LogP) is 4.51. The Morgan fingerprint density at radius 1 is 1.03 bits per heavy atom. The molecule has 0 bridgehead atoms. The Hall–Kier alpha value is -3.13.